The molecule has 0 saturated carbocycles. The van der Waals surface area contributed by atoms with Crippen LogP contribution in [0.15, 0.2) is 23.2 Å². The summed E-state index contributed by atoms with van der Waals surface area (Å²) in [5, 5.41) is 17.1. The normalized spacial score (nSPS) is 16.3. The summed E-state index contributed by atoms with van der Waals surface area (Å²) in [6, 6.07) is 2.95. The summed E-state index contributed by atoms with van der Waals surface area (Å²) in [7, 11) is -2.80. The standard InChI is InChI=1S/C22H31FN4O5S/c1-13(2)16-10-15(23)11-17(14(3)4)20(16)24-21(28)26-33(30,31)19-12-18(27(5)25-19)22(29)6-8-32-9-7-22/h10-14,29H,6-9H2,1-5H3,(H2,24,26,28). The Morgan fingerprint density at radius 1 is 1.15 bits per heavy atom. The lowest BCUT2D eigenvalue weighted by molar-refractivity contribution is -0.0725. The molecule has 1 aliphatic rings. The van der Waals surface area contributed by atoms with E-state index in [1.54, 1.807) is 0 Å². The number of benzene rings is 1. The van der Waals surface area contributed by atoms with Crippen LogP contribution in [0.1, 0.15) is 69.2 Å². The van der Waals surface area contributed by atoms with E-state index >= 15 is 0 Å². The molecule has 0 aliphatic carbocycles. The number of ether oxygens (including phenoxy) is 1. The van der Waals surface area contributed by atoms with Gasteiger partial charge in [-0.3, -0.25) is 4.68 Å². The van der Waals surface area contributed by atoms with Crippen LogP contribution in [0.5, 0.6) is 0 Å². The molecule has 1 aromatic heterocycles. The highest BCUT2D eigenvalue weighted by atomic mass is 32.2. The number of nitrogens with zero attached hydrogens (tertiary/aromatic N) is 2. The minimum absolute atomic E-state index is 0.108. The minimum Gasteiger partial charge on any atom is -0.383 e. The zero-order chi connectivity index (χ0) is 24.6. The van der Waals surface area contributed by atoms with Gasteiger partial charge in [-0.15, -0.1) is 0 Å². The molecular formula is C22H31FN4O5S. The van der Waals surface area contributed by atoms with Crippen molar-refractivity contribution in [3.8, 4) is 0 Å². The van der Waals surface area contributed by atoms with Crippen molar-refractivity contribution in [1.82, 2.24) is 14.5 Å². The van der Waals surface area contributed by atoms with Crippen LogP contribution in [0.2, 0.25) is 0 Å². The summed E-state index contributed by atoms with van der Waals surface area (Å²) in [6.45, 7) is 8.12. The van der Waals surface area contributed by atoms with Crippen LogP contribution in [0.25, 0.3) is 0 Å². The third-order valence-corrected chi connectivity index (χ3v) is 7.01. The first-order valence-corrected chi connectivity index (χ1v) is 12.3. The molecule has 1 fully saturated rings. The molecule has 1 aromatic carbocycles. The fourth-order valence-electron chi connectivity index (χ4n) is 3.99. The molecule has 3 N–H and O–H groups in total. The number of hydrogen-bond acceptors (Lipinski definition) is 6. The molecule has 0 unspecified atom stereocenters. The number of hydrogen-bond donors (Lipinski definition) is 3. The zero-order valence-electron chi connectivity index (χ0n) is 19.5. The van der Waals surface area contributed by atoms with Crippen LogP contribution in [0.4, 0.5) is 14.9 Å². The third-order valence-electron chi connectivity index (χ3n) is 5.80. The van der Waals surface area contributed by atoms with Crippen molar-refractivity contribution in [2.45, 2.75) is 63.0 Å². The highest BCUT2D eigenvalue weighted by Gasteiger charge is 2.36. The second-order valence-corrected chi connectivity index (χ2v) is 10.6. The summed E-state index contributed by atoms with van der Waals surface area (Å²) >= 11 is 0. The smallest absolute Gasteiger partial charge is 0.333 e. The van der Waals surface area contributed by atoms with E-state index in [1.807, 2.05) is 32.4 Å². The molecule has 0 atom stereocenters. The SMILES string of the molecule is CC(C)c1cc(F)cc(C(C)C)c1NC(=O)NS(=O)(=O)c1cc(C2(O)CCOCC2)n(C)n1. The molecule has 0 radical (unpaired) electrons. The van der Waals surface area contributed by atoms with Crippen molar-refractivity contribution in [3.05, 3.63) is 40.8 Å². The molecule has 1 aliphatic heterocycles. The lowest BCUT2D eigenvalue weighted by Gasteiger charge is -2.31. The van der Waals surface area contributed by atoms with Crippen LogP contribution < -0.4 is 10.0 Å². The maximum Gasteiger partial charge on any atom is 0.333 e. The Balaban J connectivity index is 1.86. The van der Waals surface area contributed by atoms with Gasteiger partial charge < -0.3 is 15.2 Å². The van der Waals surface area contributed by atoms with Gasteiger partial charge in [-0.2, -0.15) is 13.5 Å². The van der Waals surface area contributed by atoms with E-state index in [0.717, 1.165) is 0 Å². The Morgan fingerprint density at radius 2 is 1.70 bits per heavy atom. The molecule has 2 heterocycles. The molecule has 182 valence electrons. The van der Waals surface area contributed by atoms with Gasteiger partial charge in [-0.25, -0.2) is 13.9 Å². The van der Waals surface area contributed by atoms with Gasteiger partial charge in [0, 0.05) is 44.9 Å². The average Bonchev–Trinajstić information content (AvgIpc) is 3.12. The summed E-state index contributed by atoms with van der Waals surface area (Å²) in [5.41, 5.74) is 0.575. The van der Waals surface area contributed by atoms with Crippen molar-refractivity contribution in [2.75, 3.05) is 18.5 Å². The van der Waals surface area contributed by atoms with E-state index < -0.39 is 27.5 Å². The van der Waals surface area contributed by atoms with E-state index in [4.69, 9.17) is 4.74 Å². The van der Waals surface area contributed by atoms with Crippen molar-refractivity contribution >= 4 is 21.7 Å². The van der Waals surface area contributed by atoms with E-state index in [2.05, 4.69) is 10.4 Å². The molecule has 11 heteroatoms. The second kappa shape index (κ2) is 9.40. The summed E-state index contributed by atoms with van der Waals surface area (Å²) < 4.78 is 48.4. The predicted octanol–water partition coefficient (Wildman–Crippen LogP) is 3.31. The van der Waals surface area contributed by atoms with Gasteiger partial charge in [0.15, 0.2) is 5.03 Å². The average molecular weight is 483 g/mol. The monoisotopic (exact) mass is 482 g/mol. The Bertz CT molecular complexity index is 1110. The summed E-state index contributed by atoms with van der Waals surface area (Å²) in [6.07, 6.45) is 0.612. The molecule has 3 rings (SSSR count). The molecule has 33 heavy (non-hydrogen) atoms. The van der Waals surface area contributed by atoms with Crippen molar-refractivity contribution in [1.29, 1.82) is 0 Å². The van der Waals surface area contributed by atoms with Gasteiger partial charge in [-0.05, 0) is 35.1 Å². The number of aryl methyl sites for hydroxylation is 1. The number of amides is 2. The predicted molar refractivity (Wildman–Crippen MR) is 121 cm³/mol. The molecule has 1 saturated heterocycles. The van der Waals surface area contributed by atoms with E-state index in [0.29, 0.717) is 48.6 Å². The quantitative estimate of drug-likeness (QED) is 0.581. The molecule has 9 nitrogen and oxygen atoms in total. The number of halogens is 1. The summed E-state index contributed by atoms with van der Waals surface area (Å²) in [4.78, 5) is 12.7. The molecule has 0 spiro atoms. The van der Waals surface area contributed by atoms with E-state index in [1.165, 1.54) is 29.9 Å². The molecule has 0 bridgehead atoms. The number of aliphatic hydroxyl groups is 1. The van der Waals surface area contributed by atoms with Crippen LogP contribution in [0, 0.1) is 5.82 Å². The zero-order valence-corrected chi connectivity index (χ0v) is 20.3. The number of sulfonamides is 1. The fourth-order valence-corrected chi connectivity index (χ4v) is 4.89. The highest BCUT2D eigenvalue weighted by Crippen LogP contribution is 2.34. The topological polar surface area (TPSA) is 123 Å². The van der Waals surface area contributed by atoms with E-state index in [-0.39, 0.29) is 16.9 Å². The lowest BCUT2D eigenvalue weighted by Crippen LogP contribution is -2.35. The number of anilines is 1. The van der Waals surface area contributed by atoms with E-state index in [9.17, 15) is 22.7 Å². The number of nitrogens with one attached hydrogen (secondary N) is 2. The van der Waals surface area contributed by atoms with Crippen LogP contribution in [-0.4, -0.2) is 42.5 Å². The minimum atomic E-state index is -4.33. The van der Waals surface area contributed by atoms with Gasteiger partial charge in [-0.1, -0.05) is 27.7 Å². The van der Waals surface area contributed by atoms with Crippen molar-refractivity contribution < 1.29 is 27.4 Å². The Kier molecular flexibility index (Phi) is 7.15. The second-order valence-electron chi connectivity index (χ2n) is 8.96. The van der Waals surface area contributed by atoms with Gasteiger partial charge in [0.2, 0.25) is 0 Å². The Morgan fingerprint density at radius 3 is 2.21 bits per heavy atom. The first kappa shape index (κ1) is 25.1. The van der Waals surface area contributed by atoms with Crippen LogP contribution >= 0.6 is 0 Å². The van der Waals surface area contributed by atoms with Gasteiger partial charge in [0.05, 0.1) is 5.69 Å². The lowest BCUT2D eigenvalue weighted by atomic mass is 9.91. The number of carbonyl (C=O) groups excluding carboxylic acids is 1. The largest absolute Gasteiger partial charge is 0.383 e. The first-order valence-electron chi connectivity index (χ1n) is 10.9. The maximum atomic E-state index is 14.1. The maximum absolute atomic E-state index is 14.1. The Hall–Kier alpha value is -2.50. The number of carbonyl (C=O) groups is 1. The third kappa shape index (κ3) is 5.36. The van der Waals surface area contributed by atoms with Gasteiger partial charge in [0.1, 0.15) is 11.4 Å². The Labute approximate surface area is 193 Å². The van der Waals surface area contributed by atoms with Crippen molar-refractivity contribution in [2.24, 2.45) is 7.05 Å². The van der Waals surface area contributed by atoms with Crippen LogP contribution in [-0.2, 0) is 27.4 Å². The van der Waals surface area contributed by atoms with Crippen LogP contribution in [0.3, 0.4) is 0 Å². The first-order chi connectivity index (χ1) is 15.3. The number of aromatic nitrogens is 2. The molecular weight excluding hydrogens is 451 g/mol. The van der Waals surface area contributed by atoms with Gasteiger partial charge in [0.25, 0.3) is 10.0 Å². The van der Waals surface area contributed by atoms with Crippen molar-refractivity contribution in [3.63, 3.8) is 0 Å². The fraction of sp³-hybridized carbons (Fsp3) is 0.545. The van der Waals surface area contributed by atoms with Gasteiger partial charge >= 0.3 is 6.03 Å². The summed E-state index contributed by atoms with van der Waals surface area (Å²) in [5.74, 6) is -0.639. The highest BCUT2D eigenvalue weighted by molar-refractivity contribution is 7.90. The number of urea groups is 1. The molecule has 2 aromatic rings. The molecule has 2 amide bonds. The number of rotatable bonds is 6.